The molecule has 1 saturated carbocycles. The van der Waals surface area contributed by atoms with Gasteiger partial charge in [0.05, 0.1) is 10.9 Å². The molecule has 142 valence electrons. The van der Waals surface area contributed by atoms with Gasteiger partial charge in [0.25, 0.3) is 0 Å². The Bertz CT molecular complexity index is 948. The molecule has 3 atom stereocenters. The average molecular weight is 384 g/mol. The standard InChI is InChI=1S/C22H25NO3S/c1-3-16-6-8-17(9-7-16)22-20-13-10-18(14-21(20)24)23(22)27(25,26)19-11-4-15(2)5-12-19/h4-9,11-12,18,20,22H,3,10,13-14H2,1-2H3/t18-,20+,22-/m0/s1. The first-order valence-electron chi connectivity index (χ1n) is 9.63. The number of rotatable bonds is 4. The molecular weight excluding hydrogens is 358 g/mol. The summed E-state index contributed by atoms with van der Waals surface area (Å²) in [7, 11) is -3.66. The molecule has 5 rings (SSSR count). The summed E-state index contributed by atoms with van der Waals surface area (Å²) in [4.78, 5) is 12.9. The Kier molecular flexibility index (Phi) is 4.68. The van der Waals surface area contributed by atoms with Crippen molar-refractivity contribution in [3.8, 4) is 0 Å². The molecule has 27 heavy (non-hydrogen) atoms. The van der Waals surface area contributed by atoms with E-state index < -0.39 is 16.1 Å². The van der Waals surface area contributed by atoms with Gasteiger partial charge in [-0.05, 0) is 49.4 Å². The predicted molar refractivity (Wildman–Crippen MR) is 105 cm³/mol. The third-order valence-corrected chi connectivity index (χ3v) is 7.95. The Morgan fingerprint density at radius 3 is 2.26 bits per heavy atom. The summed E-state index contributed by atoms with van der Waals surface area (Å²) in [6.07, 6.45) is 2.79. The maximum absolute atomic E-state index is 13.5. The van der Waals surface area contributed by atoms with Crippen LogP contribution in [0.1, 0.15) is 48.9 Å². The number of aryl methyl sites for hydroxylation is 2. The van der Waals surface area contributed by atoms with E-state index in [4.69, 9.17) is 0 Å². The van der Waals surface area contributed by atoms with Gasteiger partial charge >= 0.3 is 0 Å². The average Bonchev–Trinajstić information content (AvgIpc) is 2.68. The van der Waals surface area contributed by atoms with Crippen LogP contribution < -0.4 is 0 Å². The molecule has 2 aliphatic heterocycles. The minimum absolute atomic E-state index is 0.200. The Hall–Kier alpha value is -1.98. The zero-order valence-corrected chi connectivity index (χ0v) is 16.6. The smallest absolute Gasteiger partial charge is 0.243 e. The molecular formula is C22H25NO3S. The van der Waals surface area contributed by atoms with Crippen LogP contribution in [0, 0.1) is 12.8 Å². The number of nitrogens with zero attached hydrogens (tertiary/aromatic N) is 1. The number of hydrogen-bond donors (Lipinski definition) is 0. The Morgan fingerprint density at radius 2 is 1.67 bits per heavy atom. The van der Waals surface area contributed by atoms with E-state index in [0.29, 0.717) is 11.3 Å². The predicted octanol–water partition coefficient (Wildman–Crippen LogP) is 4.04. The van der Waals surface area contributed by atoms with Crippen molar-refractivity contribution in [2.75, 3.05) is 0 Å². The lowest BCUT2D eigenvalue weighted by atomic mass is 9.73. The van der Waals surface area contributed by atoms with Gasteiger partial charge in [-0.25, -0.2) is 8.42 Å². The molecule has 4 nitrogen and oxygen atoms in total. The van der Waals surface area contributed by atoms with E-state index in [-0.39, 0.29) is 17.7 Å². The van der Waals surface area contributed by atoms with Crippen molar-refractivity contribution in [3.05, 3.63) is 65.2 Å². The normalized spacial score (nSPS) is 25.7. The van der Waals surface area contributed by atoms with Gasteiger partial charge in [-0.2, -0.15) is 4.31 Å². The van der Waals surface area contributed by atoms with Gasteiger partial charge in [0.2, 0.25) is 10.0 Å². The van der Waals surface area contributed by atoms with Gasteiger partial charge in [-0.3, -0.25) is 4.79 Å². The van der Waals surface area contributed by atoms with Crippen LogP contribution in [0.3, 0.4) is 0 Å². The molecule has 5 heteroatoms. The lowest BCUT2D eigenvalue weighted by molar-refractivity contribution is -0.133. The van der Waals surface area contributed by atoms with Crippen molar-refractivity contribution in [3.63, 3.8) is 0 Å². The highest BCUT2D eigenvalue weighted by atomic mass is 32.2. The third kappa shape index (κ3) is 3.13. The fourth-order valence-corrected chi connectivity index (χ4v) is 6.35. The number of fused-ring (bicyclic) bond motifs is 3. The lowest BCUT2D eigenvalue weighted by Gasteiger charge is -2.49. The second-order valence-corrected chi connectivity index (χ2v) is 9.54. The number of piperidine rings is 2. The molecule has 0 N–H and O–H groups in total. The third-order valence-electron chi connectivity index (χ3n) is 6.00. The van der Waals surface area contributed by atoms with E-state index in [9.17, 15) is 13.2 Å². The molecule has 0 radical (unpaired) electrons. The maximum Gasteiger partial charge on any atom is 0.243 e. The molecule has 2 heterocycles. The SMILES string of the molecule is CCc1ccc([C@H]2[C@@H]3CC[C@@H](CC3=O)N2S(=O)(=O)c2ccc(C)cc2)cc1. The second kappa shape index (κ2) is 6.88. The fourth-order valence-electron chi connectivity index (χ4n) is 4.48. The molecule has 3 fully saturated rings. The van der Waals surface area contributed by atoms with Gasteiger partial charge in [0.1, 0.15) is 5.78 Å². The number of carbonyl (C=O) groups is 1. The number of carbonyl (C=O) groups excluding carboxylic acids is 1. The first-order valence-corrected chi connectivity index (χ1v) is 11.1. The topological polar surface area (TPSA) is 54.5 Å². The Morgan fingerprint density at radius 1 is 1.00 bits per heavy atom. The second-order valence-electron chi connectivity index (χ2n) is 7.70. The number of sulfonamides is 1. The van der Waals surface area contributed by atoms with E-state index in [0.717, 1.165) is 30.4 Å². The molecule has 2 bridgehead atoms. The number of hydrogen-bond acceptors (Lipinski definition) is 3. The summed E-state index contributed by atoms with van der Waals surface area (Å²) in [6, 6.07) is 14.4. The quantitative estimate of drug-likeness (QED) is 0.801. The Labute approximate surface area is 161 Å². The first kappa shape index (κ1) is 18.4. The lowest BCUT2D eigenvalue weighted by Crippen LogP contribution is -2.56. The molecule has 1 aliphatic carbocycles. The molecule has 0 unspecified atom stereocenters. The number of benzene rings is 2. The van der Waals surface area contributed by atoms with Crippen LogP contribution in [-0.2, 0) is 21.2 Å². The van der Waals surface area contributed by atoms with E-state index >= 15 is 0 Å². The molecule has 0 amide bonds. The Balaban J connectivity index is 1.80. The molecule has 3 aliphatic rings. The van der Waals surface area contributed by atoms with Gasteiger partial charge in [-0.1, -0.05) is 48.9 Å². The number of ketones is 1. The van der Waals surface area contributed by atoms with E-state index in [1.807, 2.05) is 43.3 Å². The van der Waals surface area contributed by atoms with Gasteiger partial charge in [0, 0.05) is 18.4 Å². The monoisotopic (exact) mass is 383 g/mol. The van der Waals surface area contributed by atoms with E-state index in [2.05, 4.69) is 6.92 Å². The molecule has 2 aromatic carbocycles. The summed E-state index contributed by atoms with van der Waals surface area (Å²) in [5.41, 5.74) is 3.15. The van der Waals surface area contributed by atoms with Crippen LogP contribution in [-0.4, -0.2) is 24.5 Å². The van der Waals surface area contributed by atoms with Gasteiger partial charge in [0.15, 0.2) is 0 Å². The van der Waals surface area contributed by atoms with Crippen LogP contribution in [0.4, 0.5) is 0 Å². The molecule has 2 saturated heterocycles. The van der Waals surface area contributed by atoms with Crippen LogP contribution >= 0.6 is 0 Å². The first-order chi connectivity index (χ1) is 12.9. The summed E-state index contributed by atoms with van der Waals surface area (Å²) in [6.45, 7) is 4.03. The molecule has 0 aromatic heterocycles. The highest BCUT2D eigenvalue weighted by Crippen LogP contribution is 2.48. The largest absolute Gasteiger partial charge is 0.299 e. The van der Waals surface area contributed by atoms with Crippen molar-refractivity contribution in [2.45, 2.75) is 56.5 Å². The zero-order valence-electron chi connectivity index (χ0n) is 15.8. The maximum atomic E-state index is 13.5. The zero-order chi connectivity index (χ0) is 19.2. The van der Waals surface area contributed by atoms with E-state index in [1.165, 1.54) is 5.56 Å². The van der Waals surface area contributed by atoms with E-state index in [1.54, 1.807) is 16.4 Å². The summed E-state index contributed by atoms with van der Waals surface area (Å²) in [5.74, 6) is -0.0473. The molecule has 0 spiro atoms. The van der Waals surface area contributed by atoms with Crippen LogP contribution in [0.15, 0.2) is 53.4 Å². The van der Waals surface area contributed by atoms with Gasteiger partial charge < -0.3 is 0 Å². The summed E-state index contributed by atoms with van der Waals surface area (Å²) < 4.78 is 28.7. The van der Waals surface area contributed by atoms with Crippen molar-refractivity contribution in [1.29, 1.82) is 0 Å². The summed E-state index contributed by atoms with van der Waals surface area (Å²) >= 11 is 0. The molecule has 2 aromatic rings. The van der Waals surface area contributed by atoms with Crippen molar-refractivity contribution in [1.82, 2.24) is 4.31 Å². The minimum atomic E-state index is -3.66. The fraction of sp³-hybridized carbons (Fsp3) is 0.409. The summed E-state index contributed by atoms with van der Waals surface area (Å²) in [5, 5.41) is 0. The number of Topliss-reactive ketones (excluding diaryl/α,β-unsaturated/α-hetero) is 1. The van der Waals surface area contributed by atoms with Crippen LogP contribution in [0.5, 0.6) is 0 Å². The highest BCUT2D eigenvalue weighted by molar-refractivity contribution is 7.89. The minimum Gasteiger partial charge on any atom is -0.299 e. The van der Waals surface area contributed by atoms with Crippen LogP contribution in [0.25, 0.3) is 0 Å². The van der Waals surface area contributed by atoms with Crippen molar-refractivity contribution in [2.24, 2.45) is 5.92 Å². The van der Waals surface area contributed by atoms with Crippen molar-refractivity contribution < 1.29 is 13.2 Å². The van der Waals surface area contributed by atoms with Gasteiger partial charge in [-0.15, -0.1) is 0 Å². The van der Waals surface area contributed by atoms with Crippen molar-refractivity contribution >= 4 is 15.8 Å². The highest BCUT2D eigenvalue weighted by Gasteiger charge is 2.52. The van der Waals surface area contributed by atoms with Crippen LogP contribution in [0.2, 0.25) is 0 Å².